The van der Waals surface area contributed by atoms with E-state index in [0.717, 1.165) is 29.4 Å². The molecule has 0 amide bonds. The number of carboxylic acids is 1. The number of hydrogen-bond donors (Lipinski definition) is 1. The van der Waals surface area contributed by atoms with E-state index in [1.165, 1.54) is 6.07 Å². The molecule has 0 radical (unpaired) electrons. The van der Waals surface area contributed by atoms with Crippen LogP contribution in [0.4, 0.5) is 0 Å². The van der Waals surface area contributed by atoms with Crippen molar-refractivity contribution in [2.45, 2.75) is 12.8 Å². The van der Waals surface area contributed by atoms with E-state index in [9.17, 15) is 4.79 Å². The SMILES string of the molecule is COc1ccc(CCc2ccc3cc(C(=O)O)oc3c2)cc1Cl. The van der Waals surface area contributed by atoms with Crippen LogP contribution in [0.1, 0.15) is 21.7 Å². The van der Waals surface area contributed by atoms with Gasteiger partial charge in [0.1, 0.15) is 11.3 Å². The maximum atomic E-state index is 10.9. The third kappa shape index (κ3) is 3.32. The number of carbonyl (C=O) groups is 1. The second-order valence-corrected chi connectivity index (χ2v) is 5.66. The fourth-order valence-corrected chi connectivity index (χ4v) is 2.77. The predicted molar refractivity (Wildman–Crippen MR) is 88.6 cm³/mol. The number of fused-ring (bicyclic) bond motifs is 1. The summed E-state index contributed by atoms with van der Waals surface area (Å²) in [4.78, 5) is 10.9. The molecule has 4 nitrogen and oxygen atoms in total. The minimum atomic E-state index is -1.06. The molecule has 0 fully saturated rings. The summed E-state index contributed by atoms with van der Waals surface area (Å²) in [5.41, 5.74) is 2.78. The Balaban J connectivity index is 1.76. The third-order valence-electron chi connectivity index (χ3n) is 3.71. The molecule has 0 unspecified atom stereocenters. The number of aromatic carboxylic acids is 1. The summed E-state index contributed by atoms with van der Waals surface area (Å²) in [6.07, 6.45) is 1.63. The van der Waals surface area contributed by atoms with E-state index in [-0.39, 0.29) is 5.76 Å². The molecule has 5 heteroatoms. The van der Waals surface area contributed by atoms with Gasteiger partial charge in [-0.3, -0.25) is 0 Å². The van der Waals surface area contributed by atoms with Gasteiger partial charge in [-0.25, -0.2) is 4.79 Å². The number of methoxy groups -OCH3 is 1. The Morgan fingerprint density at radius 2 is 1.83 bits per heavy atom. The Hall–Kier alpha value is -2.46. The van der Waals surface area contributed by atoms with Gasteiger partial charge in [-0.05, 0) is 48.2 Å². The van der Waals surface area contributed by atoms with E-state index in [4.69, 9.17) is 25.9 Å². The zero-order valence-corrected chi connectivity index (χ0v) is 13.3. The van der Waals surface area contributed by atoms with E-state index in [2.05, 4.69) is 0 Å². The Morgan fingerprint density at radius 3 is 2.48 bits per heavy atom. The van der Waals surface area contributed by atoms with Gasteiger partial charge >= 0.3 is 5.97 Å². The normalized spacial score (nSPS) is 10.9. The highest BCUT2D eigenvalue weighted by Gasteiger charge is 2.10. The average molecular weight is 331 g/mol. The van der Waals surface area contributed by atoms with E-state index >= 15 is 0 Å². The van der Waals surface area contributed by atoms with Gasteiger partial charge in [-0.1, -0.05) is 29.8 Å². The maximum absolute atomic E-state index is 10.9. The van der Waals surface area contributed by atoms with Crippen molar-refractivity contribution in [2.24, 2.45) is 0 Å². The quantitative estimate of drug-likeness (QED) is 0.744. The van der Waals surface area contributed by atoms with Crippen molar-refractivity contribution in [3.8, 4) is 5.75 Å². The first kappa shape index (κ1) is 15.4. The summed E-state index contributed by atoms with van der Waals surface area (Å²) in [7, 11) is 1.59. The molecule has 0 saturated heterocycles. The summed E-state index contributed by atoms with van der Waals surface area (Å²) in [5, 5.41) is 10.3. The summed E-state index contributed by atoms with van der Waals surface area (Å²) >= 11 is 6.13. The molecule has 1 heterocycles. The standard InChI is InChI=1S/C18H15ClO4/c1-22-15-7-5-11(8-14(15)19)2-3-12-4-6-13-10-17(18(20)21)23-16(13)9-12/h4-10H,2-3H2,1H3,(H,20,21). The maximum Gasteiger partial charge on any atom is 0.371 e. The molecule has 0 saturated carbocycles. The minimum Gasteiger partial charge on any atom is -0.495 e. The second kappa shape index (κ2) is 6.34. The molecule has 0 spiro atoms. The van der Waals surface area contributed by atoms with Gasteiger partial charge in [-0.15, -0.1) is 0 Å². The number of halogens is 1. The van der Waals surface area contributed by atoms with Gasteiger partial charge in [0, 0.05) is 5.39 Å². The minimum absolute atomic E-state index is 0.0425. The number of hydrogen-bond acceptors (Lipinski definition) is 3. The number of aryl methyl sites for hydroxylation is 2. The summed E-state index contributed by atoms with van der Waals surface area (Å²) in [6.45, 7) is 0. The van der Waals surface area contributed by atoms with Gasteiger partial charge in [0.25, 0.3) is 0 Å². The molecule has 1 N–H and O–H groups in total. The van der Waals surface area contributed by atoms with Gasteiger partial charge in [-0.2, -0.15) is 0 Å². The van der Waals surface area contributed by atoms with Gasteiger partial charge in [0.05, 0.1) is 12.1 Å². The van der Waals surface area contributed by atoms with Crippen LogP contribution in [0.15, 0.2) is 46.9 Å². The van der Waals surface area contributed by atoms with E-state index in [1.54, 1.807) is 7.11 Å². The van der Waals surface area contributed by atoms with Crippen LogP contribution in [-0.4, -0.2) is 18.2 Å². The molecule has 1 aromatic heterocycles. The molecular formula is C18H15ClO4. The highest BCUT2D eigenvalue weighted by molar-refractivity contribution is 6.32. The van der Waals surface area contributed by atoms with Crippen LogP contribution in [0, 0.1) is 0 Å². The lowest BCUT2D eigenvalue weighted by Crippen LogP contribution is -1.92. The van der Waals surface area contributed by atoms with Crippen LogP contribution in [0.2, 0.25) is 5.02 Å². The Labute approximate surface area is 138 Å². The molecule has 0 atom stereocenters. The monoisotopic (exact) mass is 330 g/mol. The van der Waals surface area contributed by atoms with Crippen molar-refractivity contribution in [3.63, 3.8) is 0 Å². The lowest BCUT2D eigenvalue weighted by Gasteiger charge is -2.06. The average Bonchev–Trinajstić information content (AvgIpc) is 2.96. The Morgan fingerprint density at radius 1 is 1.13 bits per heavy atom. The number of carboxylic acid groups (broad SMARTS) is 1. The molecule has 0 bridgehead atoms. The number of furan rings is 1. The Kier molecular flexibility index (Phi) is 4.26. The zero-order valence-electron chi connectivity index (χ0n) is 12.5. The van der Waals surface area contributed by atoms with Crippen LogP contribution < -0.4 is 4.74 Å². The van der Waals surface area contributed by atoms with Crippen molar-refractivity contribution in [2.75, 3.05) is 7.11 Å². The van der Waals surface area contributed by atoms with Crippen molar-refractivity contribution in [1.29, 1.82) is 0 Å². The summed E-state index contributed by atoms with van der Waals surface area (Å²) in [6, 6.07) is 13.0. The van der Waals surface area contributed by atoms with Crippen molar-refractivity contribution >= 4 is 28.5 Å². The van der Waals surface area contributed by atoms with Crippen LogP contribution in [0.3, 0.4) is 0 Å². The largest absolute Gasteiger partial charge is 0.495 e. The second-order valence-electron chi connectivity index (χ2n) is 5.26. The fraction of sp³-hybridized carbons (Fsp3) is 0.167. The smallest absolute Gasteiger partial charge is 0.371 e. The lowest BCUT2D eigenvalue weighted by molar-refractivity contribution is 0.0665. The zero-order chi connectivity index (χ0) is 16.4. The molecule has 0 aliphatic heterocycles. The molecule has 0 aliphatic rings. The van der Waals surface area contributed by atoms with Gasteiger partial charge < -0.3 is 14.3 Å². The van der Waals surface area contributed by atoms with Crippen molar-refractivity contribution in [1.82, 2.24) is 0 Å². The summed E-state index contributed by atoms with van der Waals surface area (Å²) < 4.78 is 10.5. The van der Waals surface area contributed by atoms with Crippen LogP contribution in [0.5, 0.6) is 5.75 Å². The highest BCUT2D eigenvalue weighted by Crippen LogP contribution is 2.26. The van der Waals surface area contributed by atoms with Crippen molar-refractivity contribution in [3.05, 3.63) is 64.4 Å². The van der Waals surface area contributed by atoms with E-state index < -0.39 is 5.97 Å². The molecule has 23 heavy (non-hydrogen) atoms. The summed E-state index contributed by atoms with van der Waals surface area (Å²) in [5.74, 6) is -0.441. The molecule has 3 rings (SSSR count). The molecule has 2 aromatic carbocycles. The predicted octanol–water partition coefficient (Wildman–Crippen LogP) is 4.58. The lowest BCUT2D eigenvalue weighted by atomic mass is 10.0. The van der Waals surface area contributed by atoms with Gasteiger partial charge in [0.15, 0.2) is 0 Å². The van der Waals surface area contributed by atoms with E-state index in [0.29, 0.717) is 16.4 Å². The first-order valence-corrected chi connectivity index (χ1v) is 7.53. The molecule has 3 aromatic rings. The number of ether oxygens (including phenoxy) is 1. The molecule has 118 valence electrons. The number of benzene rings is 2. The topological polar surface area (TPSA) is 59.7 Å². The molecule has 0 aliphatic carbocycles. The van der Waals surface area contributed by atoms with Crippen LogP contribution >= 0.6 is 11.6 Å². The number of rotatable bonds is 5. The van der Waals surface area contributed by atoms with E-state index in [1.807, 2.05) is 36.4 Å². The Bertz CT molecular complexity index is 867. The first-order valence-electron chi connectivity index (χ1n) is 7.15. The van der Waals surface area contributed by atoms with Crippen LogP contribution in [0.25, 0.3) is 11.0 Å². The molecular weight excluding hydrogens is 316 g/mol. The van der Waals surface area contributed by atoms with Crippen molar-refractivity contribution < 1.29 is 19.1 Å². The van der Waals surface area contributed by atoms with Crippen LogP contribution in [-0.2, 0) is 12.8 Å². The third-order valence-corrected chi connectivity index (χ3v) is 4.01. The fourth-order valence-electron chi connectivity index (χ4n) is 2.49. The first-order chi connectivity index (χ1) is 11.1. The van der Waals surface area contributed by atoms with Gasteiger partial charge in [0.2, 0.25) is 5.76 Å². The highest BCUT2D eigenvalue weighted by atomic mass is 35.5.